The van der Waals surface area contributed by atoms with Gasteiger partial charge in [-0.3, -0.25) is 0 Å². The molecule has 3 saturated carbocycles. The van der Waals surface area contributed by atoms with Crippen LogP contribution in [0, 0.1) is 44.8 Å². The highest BCUT2D eigenvalue weighted by molar-refractivity contribution is 5.60. The summed E-state index contributed by atoms with van der Waals surface area (Å²) in [5.41, 5.74) is 8.52. The van der Waals surface area contributed by atoms with E-state index in [-0.39, 0.29) is 27.3 Å². The molecule has 0 aromatic carbocycles. The first-order valence-corrected chi connectivity index (χ1v) is 16.3. The van der Waals surface area contributed by atoms with Crippen LogP contribution in [0.2, 0.25) is 0 Å². The van der Waals surface area contributed by atoms with E-state index in [2.05, 4.69) is 84.2 Å². The van der Waals surface area contributed by atoms with Crippen molar-refractivity contribution in [1.82, 2.24) is 10.2 Å². The minimum absolute atomic E-state index is 0.0209. The molecule has 0 amide bonds. The van der Waals surface area contributed by atoms with Gasteiger partial charge in [-0.1, -0.05) is 94.0 Å². The van der Waals surface area contributed by atoms with Gasteiger partial charge in [0.05, 0.1) is 6.04 Å². The zero-order chi connectivity index (χ0) is 28.5. The third-order valence-electron chi connectivity index (χ3n) is 14.7. The second-order valence-corrected chi connectivity index (χ2v) is 17.2. The monoisotopic (exact) mass is 536 g/mol. The first kappa shape index (κ1) is 25.9. The van der Waals surface area contributed by atoms with Gasteiger partial charge >= 0.3 is 0 Å². The number of hydrogen-bond acceptors (Lipinski definition) is 2. The van der Waals surface area contributed by atoms with Crippen molar-refractivity contribution in [2.24, 2.45) is 44.8 Å². The minimum Gasteiger partial charge on any atom is -0.367 e. The smallest absolute Gasteiger partial charge is 0.0676 e. The molecular formula is C38H52N2. The fourth-order valence-electron chi connectivity index (χ4n) is 13.2. The number of rotatable bonds is 1. The van der Waals surface area contributed by atoms with Crippen LogP contribution in [0.15, 0.2) is 72.0 Å². The van der Waals surface area contributed by atoms with Gasteiger partial charge in [-0.15, -0.1) is 0 Å². The van der Waals surface area contributed by atoms with Gasteiger partial charge in [0.25, 0.3) is 0 Å². The average Bonchev–Trinajstić information content (AvgIpc) is 3.60. The summed E-state index contributed by atoms with van der Waals surface area (Å²) in [5, 5.41) is 4.75. The topological polar surface area (TPSA) is 15.3 Å². The molecule has 8 aliphatic rings. The molecule has 2 nitrogen and oxygen atoms in total. The van der Waals surface area contributed by atoms with Crippen molar-refractivity contribution in [1.29, 1.82) is 0 Å². The van der Waals surface area contributed by atoms with Crippen molar-refractivity contribution in [2.75, 3.05) is 6.54 Å². The largest absolute Gasteiger partial charge is 0.367 e. The number of nitrogens with one attached hydrogen (secondary N) is 1. The van der Waals surface area contributed by atoms with Gasteiger partial charge in [0, 0.05) is 46.0 Å². The van der Waals surface area contributed by atoms with Crippen LogP contribution in [-0.2, 0) is 0 Å². The van der Waals surface area contributed by atoms with Gasteiger partial charge in [0.1, 0.15) is 0 Å². The van der Waals surface area contributed by atoms with Crippen molar-refractivity contribution in [3.8, 4) is 0 Å². The molecule has 40 heavy (non-hydrogen) atoms. The molecule has 2 heterocycles. The Bertz CT molecular complexity index is 1390. The molecule has 4 spiro atoms. The Hall–Kier alpha value is -1.80. The van der Waals surface area contributed by atoms with Crippen molar-refractivity contribution in [3.05, 3.63) is 72.0 Å². The first-order valence-electron chi connectivity index (χ1n) is 16.3. The summed E-state index contributed by atoms with van der Waals surface area (Å²) < 4.78 is 0. The lowest BCUT2D eigenvalue weighted by Crippen LogP contribution is -2.70. The van der Waals surface area contributed by atoms with Crippen molar-refractivity contribution in [3.63, 3.8) is 0 Å². The Morgan fingerprint density at radius 2 is 1.77 bits per heavy atom. The molecule has 6 aliphatic carbocycles. The molecule has 0 aromatic rings. The van der Waals surface area contributed by atoms with Gasteiger partial charge < -0.3 is 10.2 Å². The lowest BCUT2D eigenvalue weighted by Gasteiger charge is -2.58. The molecule has 2 aliphatic heterocycles. The highest BCUT2D eigenvalue weighted by Gasteiger charge is 2.92. The van der Waals surface area contributed by atoms with E-state index in [0.717, 1.165) is 31.7 Å². The summed E-state index contributed by atoms with van der Waals surface area (Å²) in [6, 6.07) is 0.301. The van der Waals surface area contributed by atoms with Crippen molar-refractivity contribution < 1.29 is 0 Å². The van der Waals surface area contributed by atoms with Crippen LogP contribution in [0.4, 0.5) is 0 Å². The molecule has 8 rings (SSSR count). The summed E-state index contributed by atoms with van der Waals surface area (Å²) in [4.78, 5) is 2.57. The van der Waals surface area contributed by atoms with Gasteiger partial charge in [0.15, 0.2) is 0 Å². The summed E-state index contributed by atoms with van der Waals surface area (Å²) in [5.74, 6) is 1.74. The normalized spacial score (nSPS) is 52.2. The highest BCUT2D eigenvalue weighted by Crippen LogP contribution is 2.97. The maximum atomic E-state index is 5.25. The summed E-state index contributed by atoms with van der Waals surface area (Å²) in [6.45, 7) is 32.9. The Balaban J connectivity index is 1.41. The Kier molecular flexibility index (Phi) is 4.56. The predicted octanol–water partition coefficient (Wildman–Crippen LogP) is 8.52. The lowest BCUT2D eigenvalue weighted by molar-refractivity contribution is 0.0267. The molecule has 2 saturated heterocycles. The fraction of sp³-hybridized carbons (Fsp3) is 0.684. The van der Waals surface area contributed by atoms with E-state index >= 15 is 0 Å². The average molecular weight is 537 g/mol. The second kappa shape index (κ2) is 7.04. The Labute approximate surface area is 243 Å². The maximum Gasteiger partial charge on any atom is 0.0676 e. The molecule has 0 aromatic heterocycles. The Morgan fingerprint density at radius 1 is 1.02 bits per heavy atom. The van der Waals surface area contributed by atoms with E-state index in [1.165, 1.54) is 37.0 Å². The lowest BCUT2D eigenvalue weighted by atomic mass is 9.53. The SMILES string of the molecule is C=C1CC2C(C)=CC34CCC5C(C)(C)C56CC6(C=C5CC=CC(C)(C)CC5C23NC2(C)CCN(C(=C)C)C12)C4=C. The number of hydrogen-bond donors (Lipinski definition) is 1. The highest BCUT2D eigenvalue weighted by atomic mass is 15.3. The van der Waals surface area contributed by atoms with Crippen LogP contribution in [-0.4, -0.2) is 28.6 Å². The molecule has 1 N–H and O–H groups in total. The standard InChI is InChI=1S/C38H52N2/c1-23(2)40-17-16-34(10)31(40)24(3)18-28-25(4)19-35-15-13-30-33(8,9)37(30)22-36(37,26(35)5)20-27-12-11-14-32(6,7)21-29(27)38(28,35)39-34/h11,14,19-20,28-31,39H,1,3,5,12-13,15-18,21-22H2,2,4,6-10H3. The van der Waals surface area contributed by atoms with Crippen molar-refractivity contribution >= 4 is 0 Å². The maximum absolute atomic E-state index is 5.25. The van der Waals surface area contributed by atoms with Gasteiger partial charge in [0.2, 0.25) is 0 Å². The number of nitrogens with zero attached hydrogens (tertiary/aromatic N) is 1. The van der Waals surface area contributed by atoms with Gasteiger partial charge in [-0.05, 0) is 87.9 Å². The van der Waals surface area contributed by atoms with Crippen LogP contribution >= 0.6 is 0 Å². The van der Waals surface area contributed by atoms with Crippen LogP contribution in [0.3, 0.4) is 0 Å². The zero-order valence-corrected chi connectivity index (χ0v) is 26.3. The summed E-state index contributed by atoms with van der Waals surface area (Å²) in [6.07, 6.45) is 19.1. The quantitative estimate of drug-likeness (QED) is 0.338. The molecule has 0 radical (unpaired) electrons. The van der Waals surface area contributed by atoms with Crippen LogP contribution in [0.1, 0.15) is 93.4 Å². The van der Waals surface area contributed by atoms with Crippen LogP contribution in [0.25, 0.3) is 0 Å². The predicted molar refractivity (Wildman–Crippen MR) is 166 cm³/mol. The van der Waals surface area contributed by atoms with Crippen LogP contribution < -0.4 is 5.32 Å². The molecule has 214 valence electrons. The third kappa shape index (κ3) is 2.53. The summed E-state index contributed by atoms with van der Waals surface area (Å²) >= 11 is 0. The van der Waals surface area contributed by atoms with E-state index in [1.54, 1.807) is 16.7 Å². The third-order valence-corrected chi connectivity index (χ3v) is 14.7. The molecular weight excluding hydrogens is 484 g/mol. The molecule has 2 heteroatoms. The summed E-state index contributed by atoms with van der Waals surface area (Å²) in [7, 11) is 0. The van der Waals surface area contributed by atoms with E-state index in [4.69, 9.17) is 18.5 Å². The molecule has 5 fully saturated rings. The molecule has 2 bridgehead atoms. The van der Waals surface area contributed by atoms with E-state index in [0.29, 0.717) is 28.7 Å². The zero-order valence-electron chi connectivity index (χ0n) is 26.3. The van der Waals surface area contributed by atoms with Crippen LogP contribution in [0.5, 0.6) is 0 Å². The molecule has 9 atom stereocenters. The fourth-order valence-corrected chi connectivity index (χ4v) is 13.2. The van der Waals surface area contributed by atoms with E-state index < -0.39 is 0 Å². The second-order valence-electron chi connectivity index (χ2n) is 17.2. The minimum atomic E-state index is -0.0744. The van der Waals surface area contributed by atoms with E-state index in [1.807, 2.05) is 0 Å². The number of likely N-dealkylation sites (tertiary alicyclic amines) is 1. The van der Waals surface area contributed by atoms with Gasteiger partial charge in [-0.2, -0.15) is 0 Å². The number of fused-ring (bicyclic) bond motifs is 2. The van der Waals surface area contributed by atoms with E-state index in [9.17, 15) is 0 Å². The molecule has 9 unspecified atom stereocenters. The Morgan fingerprint density at radius 3 is 2.50 bits per heavy atom. The number of allylic oxidation sites excluding steroid dienone is 4. The van der Waals surface area contributed by atoms with Gasteiger partial charge in [-0.25, -0.2) is 0 Å². The first-order chi connectivity index (χ1) is 18.6. The van der Waals surface area contributed by atoms with Crippen molar-refractivity contribution in [2.45, 2.75) is 111 Å².